The lowest BCUT2D eigenvalue weighted by Crippen LogP contribution is -2.55. The van der Waals surface area contributed by atoms with E-state index in [1.165, 1.54) is 5.56 Å². The van der Waals surface area contributed by atoms with E-state index in [1.807, 2.05) is 30.3 Å². The number of rotatable bonds is 6. The highest BCUT2D eigenvalue weighted by molar-refractivity contribution is 6.10. The zero-order valence-electron chi connectivity index (χ0n) is 18.4. The summed E-state index contributed by atoms with van der Waals surface area (Å²) in [6.07, 6.45) is 0. The van der Waals surface area contributed by atoms with Crippen LogP contribution in [-0.4, -0.2) is 74.2 Å². The summed E-state index contributed by atoms with van der Waals surface area (Å²) in [5, 5.41) is 2.12. The van der Waals surface area contributed by atoms with Crippen molar-refractivity contribution in [3.05, 3.63) is 83.9 Å². The highest BCUT2D eigenvalue weighted by Crippen LogP contribution is 2.33. The summed E-state index contributed by atoms with van der Waals surface area (Å²) < 4.78 is 11.3. The quantitative estimate of drug-likeness (QED) is 0.557. The first-order valence-corrected chi connectivity index (χ1v) is 11.5. The molecule has 3 aromatic carbocycles. The molecule has 0 spiro atoms. The van der Waals surface area contributed by atoms with Crippen LogP contribution in [0.2, 0.25) is 0 Å². The normalized spacial score (nSPS) is 20.1. The summed E-state index contributed by atoms with van der Waals surface area (Å²) in [6, 6.07) is 24.4. The smallest absolute Gasteiger partial charge is 0.182 e. The van der Waals surface area contributed by atoms with E-state index in [9.17, 15) is 4.79 Å². The second-order valence-electron chi connectivity index (χ2n) is 8.49. The van der Waals surface area contributed by atoms with E-state index in [0.717, 1.165) is 42.5 Å². The maximum Gasteiger partial charge on any atom is 0.182 e. The van der Waals surface area contributed by atoms with Crippen LogP contribution in [0, 0.1) is 0 Å². The van der Waals surface area contributed by atoms with Crippen LogP contribution < -0.4 is 0 Å². The Hall–Kier alpha value is -2.57. The van der Waals surface area contributed by atoms with Crippen molar-refractivity contribution >= 4 is 16.6 Å². The lowest BCUT2D eigenvalue weighted by molar-refractivity contribution is -0.0301. The number of fused-ring (bicyclic) bond motifs is 1. The van der Waals surface area contributed by atoms with E-state index >= 15 is 0 Å². The van der Waals surface area contributed by atoms with Gasteiger partial charge in [-0.2, -0.15) is 0 Å². The molecule has 5 heteroatoms. The summed E-state index contributed by atoms with van der Waals surface area (Å²) in [6.45, 7) is 5.87. The highest BCUT2D eigenvalue weighted by atomic mass is 16.5. The van der Waals surface area contributed by atoms with Crippen molar-refractivity contribution in [3.63, 3.8) is 0 Å². The molecule has 3 aromatic rings. The summed E-state index contributed by atoms with van der Waals surface area (Å²) in [5.74, 6) is 0.184. The lowest BCUT2D eigenvalue weighted by atomic mass is 9.88. The summed E-state index contributed by atoms with van der Waals surface area (Å²) in [4.78, 5) is 19.1. The molecule has 2 saturated heterocycles. The maximum absolute atomic E-state index is 14.4. The first-order valence-electron chi connectivity index (χ1n) is 11.5. The minimum absolute atomic E-state index is 0.0373. The van der Waals surface area contributed by atoms with E-state index < -0.39 is 0 Å². The number of nitrogens with zero attached hydrogens (tertiary/aromatic N) is 2. The van der Waals surface area contributed by atoms with Gasteiger partial charge in [0, 0.05) is 31.7 Å². The molecule has 2 heterocycles. The molecule has 0 amide bonds. The number of hydrogen-bond donors (Lipinski definition) is 0. The van der Waals surface area contributed by atoms with Crippen molar-refractivity contribution < 1.29 is 14.3 Å². The van der Waals surface area contributed by atoms with Crippen molar-refractivity contribution in [2.24, 2.45) is 0 Å². The van der Waals surface area contributed by atoms with Gasteiger partial charge in [-0.05, 0) is 16.3 Å². The number of ketones is 1. The van der Waals surface area contributed by atoms with Gasteiger partial charge in [0.05, 0.1) is 38.5 Å². The molecule has 5 rings (SSSR count). The van der Waals surface area contributed by atoms with E-state index in [4.69, 9.17) is 9.47 Å². The first-order chi connectivity index (χ1) is 15.8. The van der Waals surface area contributed by atoms with E-state index in [1.54, 1.807) is 0 Å². The van der Waals surface area contributed by atoms with Crippen molar-refractivity contribution in [3.8, 4) is 0 Å². The fourth-order valence-corrected chi connectivity index (χ4v) is 5.06. The lowest BCUT2D eigenvalue weighted by Gasteiger charge is -2.44. The molecule has 2 aliphatic heterocycles. The monoisotopic (exact) mass is 430 g/mol. The maximum atomic E-state index is 14.4. The summed E-state index contributed by atoms with van der Waals surface area (Å²) in [7, 11) is 0. The van der Waals surface area contributed by atoms with Gasteiger partial charge < -0.3 is 9.47 Å². The molecule has 0 bridgehead atoms. The average Bonchev–Trinajstić information content (AvgIpc) is 2.88. The summed E-state index contributed by atoms with van der Waals surface area (Å²) >= 11 is 0. The van der Waals surface area contributed by atoms with Gasteiger partial charge in [0.1, 0.15) is 0 Å². The predicted molar refractivity (Wildman–Crippen MR) is 126 cm³/mol. The number of ether oxygens (including phenoxy) is 2. The Balaban J connectivity index is 1.62. The zero-order valence-corrected chi connectivity index (χ0v) is 18.4. The third-order valence-corrected chi connectivity index (χ3v) is 6.64. The molecule has 166 valence electrons. The standard InChI is InChI=1S/C27H30N2O3/c30-27(24-12-6-10-21-7-4-5-11-23(21)24)26(29-15-19-32-20-16-29)25(22-8-2-1-3-9-22)28-13-17-31-18-14-28/h1-12,25-26H,13-20H2/t25-,26+/m1/s1. The fraction of sp³-hybridized carbons (Fsp3) is 0.370. The fourth-order valence-electron chi connectivity index (χ4n) is 5.06. The largest absolute Gasteiger partial charge is 0.379 e. The van der Waals surface area contributed by atoms with Gasteiger partial charge >= 0.3 is 0 Å². The molecule has 0 N–H and O–H groups in total. The van der Waals surface area contributed by atoms with Crippen molar-refractivity contribution in [2.75, 3.05) is 52.6 Å². The molecular weight excluding hydrogens is 400 g/mol. The molecule has 5 nitrogen and oxygen atoms in total. The Morgan fingerprint density at radius 1 is 0.688 bits per heavy atom. The van der Waals surface area contributed by atoms with Crippen LogP contribution in [0.15, 0.2) is 72.8 Å². The van der Waals surface area contributed by atoms with Gasteiger partial charge in [0.25, 0.3) is 0 Å². The van der Waals surface area contributed by atoms with Gasteiger partial charge in [-0.25, -0.2) is 0 Å². The molecule has 0 unspecified atom stereocenters. The van der Waals surface area contributed by atoms with E-state index in [2.05, 4.69) is 52.3 Å². The average molecular weight is 431 g/mol. The summed E-state index contributed by atoms with van der Waals surface area (Å²) in [5.41, 5.74) is 1.98. The SMILES string of the molecule is O=C(c1cccc2ccccc12)[C@H]([C@@H](c1ccccc1)N1CCOCC1)N1CCOCC1. The third-order valence-electron chi connectivity index (χ3n) is 6.64. The van der Waals surface area contributed by atoms with Crippen LogP contribution in [0.5, 0.6) is 0 Å². The molecule has 0 radical (unpaired) electrons. The predicted octanol–water partition coefficient (Wildman–Crippen LogP) is 3.80. The Morgan fingerprint density at radius 3 is 2.00 bits per heavy atom. The molecule has 0 aliphatic carbocycles. The second kappa shape index (κ2) is 9.92. The highest BCUT2D eigenvalue weighted by Gasteiger charge is 2.40. The van der Waals surface area contributed by atoms with E-state index in [0.29, 0.717) is 26.4 Å². The molecule has 2 atom stereocenters. The number of benzene rings is 3. The number of Topliss-reactive ketones (excluding diaryl/α,β-unsaturated/α-hetero) is 1. The molecular formula is C27H30N2O3. The topological polar surface area (TPSA) is 42.0 Å². The minimum Gasteiger partial charge on any atom is -0.379 e. The van der Waals surface area contributed by atoms with Crippen molar-refractivity contribution in [1.82, 2.24) is 9.80 Å². The Morgan fingerprint density at radius 2 is 1.28 bits per heavy atom. The molecule has 2 aliphatic rings. The van der Waals surface area contributed by atoms with Gasteiger partial charge in [0.2, 0.25) is 0 Å². The van der Waals surface area contributed by atoms with Crippen LogP contribution in [0.1, 0.15) is 22.0 Å². The van der Waals surface area contributed by atoms with Crippen molar-refractivity contribution in [1.29, 1.82) is 0 Å². The first kappa shape index (κ1) is 21.3. The van der Waals surface area contributed by atoms with Gasteiger partial charge in [-0.15, -0.1) is 0 Å². The van der Waals surface area contributed by atoms with Gasteiger partial charge in [-0.1, -0.05) is 72.8 Å². The van der Waals surface area contributed by atoms with Gasteiger partial charge in [-0.3, -0.25) is 14.6 Å². The molecule has 0 saturated carbocycles. The van der Waals surface area contributed by atoms with Crippen LogP contribution in [0.4, 0.5) is 0 Å². The van der Waals surface area contributed by atoms with Crippen LogP contribution in [-0.2, 0) is 9.47 Å². The molecule has 32 heavy (non-hydrogen) atoms. The Kier molecular flexibility index (Phi) is 6.60. The van der Waals surface area contributed by atoms with Crippen LogP contribution >= 0.6 is 0 Å². The number of hydrogen-bond acceptors (Lipinski definition) is 5. The Bertz CT molecular complexity index is 1040. The third kappa shape index (κ3) is 4.34. The minimum atomic E-state index is -0.287. The zero-order chi connectivity index (χ0) is 21.8. The van der Waals surface area contributed by atoms with Crippen LogP contribution in [0.3, 0.4) is 0 Å². The second-order valence-corrected chi connectivity index (χ2v) is 8.49. The van der Waals surface area contributed by atoms with E-state index in [-0.39, 0.29) is 17.9 Å². The van der Waals surface area contributed by atoms with Crippen molar-refractivity contribution in [2.45, 2.75) is 12.1 Å². The van der Waals surface area contributed by atoms with Crippen LogP contribution in [0.25, 0.3) is 10.8 Å². The van der Waals surface area contributed by atoms with Gasteiger partial charge in [0.15, 0.2) is 5.78 Å². The number of carbonyl (C=O) groups excluding carboxylic acids is 1. The number of morpholine rings is 2. The number of carbonyl (C=O) groups is 1. The molecule has 2 fully saturated rings. The molecule has 0 aromatic heterocycles. The Labute approximate surface area is 189 Å².